The number of hydrogen-bond acceptors (Lipinski definition) is 5. The zero-order valence-corrected chi connectivity index (χ0v) is 23.8. The van der Waals surface area contributed by atoms with Crippen LogP contribution in [0.25, 0.3) is 0 Å². The van der Waals surface area contributed by atoms with E-state index in [1.54, 1.807) is 24.9 Å². The van der Waals surface area contributed by atoms with Crippen molar-refractivity contribution in [2.24, 2.45) is 11.8 Å². The molecule has 3 rings (SSSR count). The first-order valence-electron chi connectivity index (χ1n) is 13.9. The van der Waals surface area contributed by atoms with E-state index >= 15 is 0 Å². The molecule has 9 heteroatoms. The number of nitrogens with one attached hydrogen (secondary N) is 1. The summed E-state index contributed by atoms with van der Waals surface area (Å²) >= 11 is 0. The van der Waals surface area contributed by atoms with Crippen LogP contribution >= 0.6 is 0 Å². The third-order valence-corrected chi connectivity index (χ3v) is 9.17. The minimum Gasteiger partial charge on any atom is -0.491 e. The maximum Gasteiger partial charge on any atom is 0.257 e. The predicted molar refractivity (Wildman–Crippen MR) is 145 cm³/mol. The minimum atomic E-state index is -3.77. The summed E-state index contributed by atoms with van der Waals surface area (Å²) in [5.41, 5.74) is 0.233. The van der Waals surface area contributed by atoms with Gasteiger partial charge in [-0.15, -0.1) is 0 Å². The monoisotopic (exact) mass is 535 g/mol. The number of carbonyl (C=O) groups excluding carboxylic acids is 2. The van der Waals surface area contributed by atoms with Crippen molar-refractivity contribution < 1.29 is 22.7 Å². The van der Waals surface area contributed by atoms with Crippen molar-refractivity contribution in [1.82, 2.24) is 14.5 Å². The van der Waals surface area contributed by atoms with Gasteiger partial charge in [0.25, 0.3) is 5.91 Å². The first-order chi connectivity index (χ1) is 17.6. The first kappa shape index (κ1) is 29.4. The Morgan fingerprint density at radius 2 is 1.70 bits per heavy atom. The third kappa shape index (κ3) is 8.18. The number of benzene rings is 1. The standard InChI is InChI=1S/C28H45N3O5S/c1-21(2)26-20-36-27-15-14-24(37(34,35)29-19-23-12-8-7-9-13-23)18-25(27)28(33)30(4)16-10-5-6-11-17-31(26)22(3)32/h14-15,18,21,23,26,29H,5-13,16-17,19-20H2,1-4H3/t26-/m1/s1. The van der Waals surface area contributed by atoms with E-state index in [1.807, 2.05) is 4.90 Å². The van der Waals surface area contributed by atoms with E-state index < -0.39 is 10.0 Å². The van der Waals surface area contributed by atoms with Crippen molar-refractivity contribution in [3.63, 3.8) is 0 Å². The van der Waals surface area contributed by atoms with Crippen LogP contribution in [-0.2, 0) is 14.8 Å². The fourth-order valence-electron chi connectivity index (χ4n) is 5.34. The number of sulfonamides is 1. The van der Waals surface area contributed by atoms with Crippen molar-refractivity contribution >= 4 is 21.8 Å². The molecule has 2 aliphatic rings. The second-order valence-corrected chi connectivity index (χ2v) is 12.8. The van der Waals surface area contributed by atoms with Gasteiger partial charge < -0.3 is 14.5 Å². The largest absolute Gasteiger partial charge is 0.491 e. The van der Waals surface area contributed by atoms with E-state index in [2.05, 4.69) is 18.6 Å². The molecule has 0 saturated heterocycles. The van der Waals surface area contributed by atoms with Gasteiger partial charge in [0.2, 0.25) is 15.9 Å². The Hall–Kier alpha value is -2.13. The second kappa shape index (κ2) is 13.6. The molecule has 1 aromatic carbocycles. The summed E-state index contributed by atoms with van der Waals surface area (Å²) in [5.74, 6) is 0.600. The van der Waals surface area contributed by atoms with Crippen LogP contribution in [0.15, 0.2) is 23.1 Å². The topological polar surface area (TPSA) is 96.0 Å². The highest BCUT2D eigenvalue weighted by Gasteiger charge is 2.28. The van der Waals surface area contributed by atoms with Gasteiger partial charge in [0.05, 0.1) is 16.5 Å². The molecule has 0 unspecified atom stereocenters. The van der Waals surface area contributed by atoms with Crippen LogP contribution < -0.4 is 9.46 Å². The molecule has 1 saturated carbocycles. The lowest BCUT2D eigenvalue weighted by molar-refractivity contribution is -0.133. The fraction of sp³-hybridized carbons (Fsp3) is 0.714. The highest BCUT2D eigenvalue weighted by atomic mass is 32.2. The molecule has 0 bridgehead atoms. The van der Waals surface area contributed by atoms with E-state index in [4.69, 9.17) is 4.74 Å². The van der Waals surface area contributed by atoms with Gasteiger partial charge in [0.1, 0.15) is 12.4 Å². The predicted octanol–water partition coefficient (Wildman–Crippen LogP) is 4.44. The lowest BCUT2D eigenvalue weighted by Crippen LogP contribution is -2.46. The lowest BCUT2D eigenvalue weighted by Gasteiger charge is -2.34. The molecule has 1 fully saturated rings. The summed E-state index contributed by atoms with van der Waals surface area (Å²) in [4.78, 5) is 29.5. The molecule has 37 heavy (non-hydrogen) atoms. The van der Waals surface area contributed by atoms with Crippen LogP contribution in [0.2, 0.25) is 0 Å². The van der Waals surface area contributed by atoms with Crippen LogP contribution in [0.3, 0.4) is 0 Å². The number of nitrogens with zero attached hydrogens (tertiary/aromatic N) is 2. The van der Waals surface area contributed by atoms with Crippen molar-refractivity contribution in [2.45, 2.75) is 89.5 Å². The van der Waals surface area contributed by atoms with Gasteiger partial charge >= 0.3 is 0 Å². The summed E-state index contributed by atoms with van der Waals surface area (Å²) in [6.45, 7) is 7.59. The summed E-state index contributed by atoms with van der Waals surface area (Å²) in [6.07, 6.45) is 9.26. The van der Waals surface area contributed by atoms with Crippen molar-refractivity contribution in [1.29, 1.82) is 0 Å². The highest BCUT2D eigenvalue weighted by molar-refractivity contribution is 7.89. The minimum absolute atomic E-state index is 0.0101. The molecule has 0 spiro atoms. The highest BCUT2D eigenvalue weighted by Crippen LogP contribution is 2.27. The van der Waals surface area contributed by atoms with Crippen molar-refractivity contribution in [3.05, 3.63) is 23.8 Å². The average Bonchev–Trinajstić information content (AvgIpc) is 2.87. The van der Waals surface area contributed by atoms with Gasteiger partial charge in [-0.05, 0) is 55.7 Å². The summed E-state index contributed by atoms with van der Waals surface area (Å²) in [6, 6.07) is 4.38. The van der Waals surface area contributed by atoms with Gasteiger partial charge in [-0.2, -0.15) is 0 Å². The molecule has 208 valence electrons. The number of amides is 2. The van der Waals surface area contributed by atoms with Gasteiger partial charge in [0, 0.05) is 33.6 Å². The first-order valence-corrected chi connectivity index (χ1v) is 15.4. The Kier molecular flexibility index (Phi) is 10.8. The maximum atomic E-state index is 13.4. The second-order valence-electron chi connectivity index (χ2n) is 11.0. The Morgan fingerprint density at radius 1 is 1.05 bits per heavy atom. The summed E-state index contributed by atoms with van der Waals surface area (Å²) in [5, 5.41) is 0. The molecule has 8 nitrogen and oxygen atoms in total. The van der Waals surface area contributed by atoms with Crippen LogP contribution in [-0.4, -0.2) is 69.4 Å². The number of carbonyl (C=O) groups is 2. The fourth-order valence-corrected chi connectivity index (χ4v) is 6.48. The molecular formula is C28H45N3O5S. The molecule has 2 amide bonds. The van der Waals surface area contributed by atoms with E-state index in [-0.39, 0.29) is 40.8 Å². The van der Waals surface area contributed by atoms with Gasteiger partial charge in [-0.3, -0.25) is 9.59 Å². The van der Waals surface area contributed by atoms with Crippen LogP contribution in [0.4, 0.5) is 0 Å². The van der Waals surface area contributed by atoms with E-state index in [9.17, 15) is 18.0 Å². The van der Waals surface area contributed by atoms with E-state index in [0.29, 0.717) is 31.3 Å². The third-order valence-electron chi connectivity index (χ3n) is 7.75. The molecule has 1 heterocycles. The molecule has 0 radical (unpaired) electrons. The number of fused-ring (bicyclic) bond motifs is 1. The van der Waals surface area contributed by atoms with E-state index in [1.165, 1.54) is 18.6 Å². The van der Waals surface area contributed by atoms with Gasteiger partial charge in [0.15, 0.2) is 0 Å². The summed E-state index contributed by atoms with van der Waals surface area (Å²) in [7, 11) is -2.02. The molecule has 1 N–H and O–H groups in total. The molecule has 1 aliphatic heterocycles. The van der Waals surface area contributed by atoms with Crippen LogP contribution in [0.1, 0.15) is 88.9 Å². The molecule has 1 atom stereocenters. The average molecular weight is 536 g/mol. The lowest BCUT2D eigenvalue weighted by atomic mass is 9.90. The Morgan fingerprint density at radius 3 is 2.35 bits per heavy atom. The number of rotatable bonds is 5. The van der Waals surface area contributed by atoms with Gasteiger partial charge in [-0.1, -0.05) is 46.0 Å². The van der Waals surface area contributed by atoms with E-state index in [0.717, 1.165) is 51.4 Å². The summed E-state index contributed by atoms with van der Waals surface area (Å²) < 4.78 is 35.2. The Balaban J connectivity index is 1.89. The Labute approximate surface area is 223 Å². The molecule has 1 aromatic rings. The van der Waals surface area contributed by atoms with Gasteiger partial charge in [-0.25, -0.2) is 13.1 Å². The number of hydrogen-bond donors (Lipinski definition) is 1. The van der Waals surface area contributed by atoms with Crippen LogP contribution in [0, 0.1) is 11.8 Å². The SMILES string of the molecule is CC(=O)N1CCCCCCN(C)C(=O)c2cc(S(=O)(=O)NCC3CCCCC3)ccc2OC[C@@H]1C(C)C. The molecule has 1 aliphatic carbocycles. The molecular weight excluding hydrogens is 490 g/mol. The zero-order valence-electron chi connectivity index (χ0n) is 23.0. The quantitative estimate of drug-likeness (QED) is 0.601. The van der Waals surface area contributed by atoms with Crippen molar-refractivity contribution in [3.8, 4) is 5.75 Å². The Bertz CT molecular complexity index is 1020. The number of ether oxygens (including phenoxy) is 1. The normalized spacial score (nSPS) is 21.3. The molecule has 0 aromatic heterocycles. The van der Waals surface area contributed by atoms with Crippen molar-refractivity contribution in [2.75, 3.05) is 33.3 Å². The maximum absolute atomic E-state index is 13.4. The smallest absolute Gasteiger partial charge is 0.257 e. The zero-order chi connectivity index (χ0) is 27.0. The van der Waals surface area contributed by atoms with Crippen LogP contribution in [0.5, 0.6) is 5.75 Å².